The smallest absolute Gasteiger partial charge is 0.316 e. The van der Waals surface area contributed by atoms with Crippen LogP contribution in [0.1, 0.15) is 26.2 Å². The van der Waals surface area contributed by atoms with Gasteiger partial charge in [0.1, 0.15) is 11.0 Å². The van der Waals surface area contributed by atoms with Crippen LogP contribution in [0.5, 0.6) is 0 Å². The number of esters is 2. The van der Waals surface area contributed by atoms with Crippen LogP contribution in [0.2, 0.25) is 39.3 Å². The summed E-state index contributed by atoms with van der Waals surface area (Å²) in [6, 6.07) is 0. The molecule has 0 aromatic rings. The third-order valence-electron chi connectivity index (χ3n) is 9.11. The van der Waals surface area contributed by atoms with Gasteiger partial charge in [-0.1, -0.05) is 18.2 Å². The first kappa shape index (κ1) is 24.5. The summed E-state index contributed by atoms with van der Waals surface area (Å²) in [4.78, 5) is 27.4. The molecule has 4 bridgehead atoms. The zero-order chi connectivity index (χ0) is 25.1. The van der Waals surface area contributed by atoms with Crippen molar-refractivity contribution in [1.82, 2.24) is 0 Å². The molecule has 0 aromatic carbocycles. The zero-order valence-electron chi connectivity index (χ0n) is 21.9. The number of methoxy groups -OCH3 is 1. The lowest BCUT2D eigenvalue weighted by Gasteiger charge is -2.48. The number of ether oxygens (including phenoxy) is 2. The molecule has 1 spiro atoms. The van der Waals surface area contributed by atoms with Crippen molar-refractivity contribution in [3.05, 3.63) is 24.3 Å². The lowest BCUT2D eigenvalue weighted by atomic mass is 9.61. The Kier molecular flexibility index (Phi) is 5.16. The van der Waals surface area contributed by atoms with E-state index in [-0.39, 0.29) is 35.3 Å². The number of carbonyl (C=O) groups is 2. The van der Waals surface area contributed by atoms with Crippen molar-refractivity contribution < 1.29 is 27.9 Å². The third-order valence-corrected chi connectivity index (χ3v) is 11.1. The number of allylic oxidation sites excluding steroid dienone is 1. The minimum Gasteiger partial charge on any atom is -0.469 e. The molecule has 4 aliphatic carbocycles. The maximum absolute atomic E-state index is 13.7. The summed E-state index contributed by atoms with van der Waals surface area (Å²) in [5, 5.41) is 0. The molecular formula is C26H40O6Si2. The number of fused-ring (bicyclic) bond motifs is 1. The largest absolute Gasteiger partial charge is 0.469 e. The molecular weight excluding hydrogens is 464 g/mol. The van der Waals surface area contributed by atoms with Gasteiger partial charge in [-0.3, -0.25) is 9.59 Å². The number of carbonyl (C=O) groups excluding carboxylic acids is 2. The molecule has 0 amide bonds. The summed E-state index contributed by atoms with van der Waals surface area (Å²) in [5.41, 5.74) is -1.03. The molecule has 34 heavy (non-hydrogen) atoms. The fourth-order valence-corrected chi connectivity index (χ4v) is 10.6. The van der Waals surface area contributed by atoms with Crippen molar-refractivity contribution in [3.8, 4) is 0 Å². The Morgan fingerprint density at radius 3 is 2.35 bits per heavy atom. The Labute approximate surface area is 205 Å². The summed E-state index contributed by atoms with van der Waals surface area (Å²) in [5.74, 6) is -1.11. The van der Waals surface area contributed by atoms with Gasteiger partial charge in [-0.25, -0.2) is 0 Å². The number of rotatable bonds is 5. The van der Waals surface area contributed by atoms with Crippen LogP contribution in [-0.4, -0.2) is 53.5 Å². The lowest BCUT2D eigenvalue weighted by molar-refractivity contribution is -0.166. The minimum atomic E-state index is -1.99. The second-order valence-electron chi connectivity index (χ2n) is 13.5. The predicted molar refractivity (Wildman–Crippen MR) is 134 cm³/mol. The van der Waals surface area contributed by atoms with Gasteiger partial charge in [0.2, 0.25) is 0 Å². The van der Waals surface area contributed by atoms with Gasteiger partial charge in [-0.2, -0.15) is 0 Å². The van der Waals surface area contributed by atoms with Crippen molar-refractivity contribution in [2.24, 2.45) is 34.5 Å². The van der Waals surface area contributed by atoms with Crippen LogP contribution in [0.3, 0.4) is 0 Å². The van der Waals surface area contributed by atoms with Crippen LogP contribution >= 0.6 is 0 Å². The molecule has 188 valence electrons. The highest BCUT2D eigenvalue weighted by molar-refractivity contribution is 6.70. The Morgan fingerprint density at radius 1 is 1.12 bits per heavy atom. The number of hydrogen-bond acceptors (Lipinski definition) is 6. The summed E-state index contributed by atoms with van der Waals surface area (Å²) in [6.07, 6.45) is 6.12. The van der Waals surface area contributed by atoms with Gasteiger partial charge in [0.15, 0.2) is 16.6 Å². The van der Waals surface area contributed by atoms with Gasteiger partial charge in [-0.05, 0) is 82.9 Å². The summed E-state index contributed by atoms with van der Waals surface area (Å²) in [6.45, 7) is 19.4. The molecule has 1 saturated heterocycles. The lowest BCUT2D eigenvalue weighted by Crippen LogP contribution is -2.55. The maximum atomic E-state index is 13.7. The second kappa shape index (κ2) is 7.17. The van der Waals surface area contributed by atoms with E-state index in [9.17, 15) is 9.59 Å². The summed E-state index contributed by atoms with van der Waals surface area (Å²) < 4.78 is 25.3. The average molecular weight is 505 g/mol. The van der Waals surface area contributed by atoms with Crippen molar-refractivity contribution >= 4 is 28.6 Å². The van der Waals surface area contributed by atoms with Gasteiger partial charge in [0.05, 0.1) is 25.2 Å². The predicted octanol–water partition coefficient (Wildman–Crippen LogP) is 4.69. The van der Waals surface area contributed by atoms with E-state index < -0.39 is 39.7 Å². The molecule has 5 rings (SSSR count). The van der Waals surface area contributed by atoms with E-state index in [1.807, 2.05) is 6.92 Å². The molecule has 3 unspecified atom stereocenters. The van der Waals surface area contributed by atoms with Gasteiger partial charge < -0.3 is 18.3 Å². The fourth-order valence-electron chi connectivity index (χ4n) is 8.39. The Balaban J connectivity index is 1.73. The second-order valence-corrected chi connectivity index (χ2v) is 22.4. The van der Waals surface area contributed by atoms with Gasteiger partial charge in [0.25, 0.3) is 0 Å². The van der Waals surface area contributed by atoms with E-state index in [1.165, 1.54) is 12.7 Å². The third kappa shape index (κ3) is 3.10. The van der Waals surface area contributed by atoms with Crippen LogP contribution < -0.4 is 0 Å². The molecule has 6 nitrogen and oxygen atoms in total. The average Bonchev–Trinajstić information content (AvgIpc) is 3.15. The monoisotopic (exact) mass is 504 g/mol. The van der Waals surface area contributed by atoms with E-state index in [1.54, 1.807) is 0 Å². The normalized spacial score (nSPS) is 46.8. The Morgan fingerprint density at radius 2 is 1.76 bits per heavy atom. The maximum Gasteiger partial charge on any atom is 0.316 e. The van der Waals surface area contributed by atoms with Crippen molar-refractivity contribution in [2.45, 2.75) is 83.3 Å². The van der Waals surface area contributed by atoms with Crippen molar-refractivity contribution in [1.29, 1.82) is 0 Å². The van der Waals surface area contributed by atoms with E-state index in [2.05, 4.69) is 58.0 Å². The first-order chi connectivity index (χ1) is 15.6. The van der Waals surface area contributed by atoms with Crippen LogP contribution in [0.4, 0.5) is 0 Å². The molecule has 1 heterocycles. The van der Waals surface area contributed by atoms with Crippen LogP contribution in [0, 0.1) is 34.5 Å². The van der Waals surface area contributed by atoms with E-state index in [4.69, 9.17) is 18.3 Å². The summed E-state index contributed by atoms with van der Waals surface area (Å²) in [7, 11) is -2.45. The number of hydrogen-bond donors (Lipinski definition) is 0. The quantitative estimate of drug-likeness (QED) is 0.307. The topological polar surface area (TPSA) is 71.1 Å². The van der Waals surface area contributed by atoms with Crippen LogP contribution in [0.15, 0.2) is 24.3 Å². The highest BCUT2D eigenvalue weighted by atomic mass is 28.4. The fraction of sp³-hybridized carbons (Fsp3) is 0.769. The van der Waals surface area contributed by atoms with Gasteiger partial charge in [-0.15, -0.1) is 0 Å². The first-order valence-corrected chi connectivity index (χ1v) is 19.4. The van der Waals surface area contributed by atoms with E-state index >= 15 is 0 Å². The van der Waals surface area contributed by atoms with Crippen LogP contribution in [-0.2, 0) is 27.9 Å². The van der Waals surface area contributed by atoms with Gasteiger partial charge >= 0.3 is 11.9 Å². The molecule has 9 atom stereocenters. The van der Waals surface area contributed by atoms with Crippen LogP contribution in [0.25, 0.3) is 0 Å². The Hall–Kier alpha value is -1.23. The molecule has 4 fully saturated rings. The van der Waals surface area contributed by atoms with Gasteiger partial charge in [0, 0.05) is 11.8 Å². The van der Waals surface area contributed by atoms with Crippen molar-refractivity contribution in [2.75, 3.05) is 7.11 Å². The molecule has 8 heteroatoms. The molecule has 5 aliphatic rings. The molecule has 0 aromatic heterocycles. The standard InChI is InChI=1S/C26H40O6Si2/c1-15-13-25-14-16(15)12-17(31-33(4,5)6)20(25)26-11-10-18(32-34(7,8)9)24(2,23(28)30-26)21(26)19(25)22(27)29-3/h10-11,16-21H,1,12-14H2,2-9H3/t16-,17+,18+,19-,20?,21?,24?,25-,26-/m1/s1. The Bertz CT molecular complexity index is 979. The molecule has 0 N–H and O–H groups in total. The molecule has 1 aliphatic heterocycles. The van der Waals surface area contributed by atoms with E-state index in [0.29, 0.717) is 5.92 Å². The SMILES string of the molecule is C=C1C[C@]23C[C@H]1C[C@H](O[Si](C)(C)C)C2[C@@]12C=C[C@H](O[Si](C)(C)C)C(C)(C(=O)O1)C2[C@@H]3C(=O)OC. The minimum absolute atomic E-state index is 0.0870. The van der Waals surface area contributed by atoms with Crippen molar-refractivity contribution in [3.63, 3.8) is 0 Å². The van der Waals surface area contributed by atoms with E-state index in [0.717, 1.165) is 19.3 Å². The molecule has 3 saturated carbocycles. The zero-order valence-corrected chi connectivity index (χ0v) is 23.9. The highest BCUT2D eigenvalue weighted by Gasteiger charge is 2.84. The first-order valence-electron chi connectivity index (χ1n) is 12.6. The highest BCUT2D eigenvalue weighted by Crippen LogP contribution is 2.77. The summed E-state index contributed by atoms with van der Waals surface area (Å²) >= 11 is 0. The molecule has 0 radical (unpaired) electrons.